The van der Waals surface area contributed by atoms with Crippen LogP contribution in [0.3, 0.4) is 0 Å². The summed E-state index contributed by atoms with van der Waals surface area (Å²) in [5, 5.41) is 30.0. The van der Waals surface area contributed by atoms with Gasteiger partial charge < -0.3 is 31.5 Å². The van der Waals surface area contributed by atoms with E-state index in [4.69, 9.17) is 5.11 Å². The molecule has 0 unspecified atom stereocenters. The number of fused-ring (bicyclic) bond motifs is 1. The van der Waals surface area contributed by atoms with Gasteiger partial charge >= 0.3 is 11.9 Å². The van der Waals surface area contributed by atoms with Gasteiger partial charge in [-0.25, -0.2) is 0 Å². The van der Waals surface area contributed by atoms with Crippen molar-refractivity contribution >= 4 is 52.1 Å². The molecule has 44 heavy (non-hydrogen) atoms. The minimum absolute atomic E-state index is 0.0228. The Morgan fingerprint density at radius 3 is 1.93 bits per heavy atom. The lowest BCUT2D eigenvalue weighted by Gasteiger charge is -2.26. The zero-order valence-electron chi connectivity index (χ0n) is 25.2. The molecule has 0 saturated carbocycles. The Morgan fingerprint density at radius 1 is 0.705 bits per heavy atom. The van der Waals surface area contributed by atoms with Crippen LogP contribution in [0.2, 0.25) is 0 Å². The number of nitrogens with one attached hydrogen (secondary N) is 4. The molecule has 4 amide bonds. The fourth-order valence-corrected chi connectivity index (χ4v) is 4.64. The second-order valence-electron chi connectivity index (χ2n) is 10.9. The summed E-state index contributed by atoms with van der Waals surface area (Å²) in [6.07, 6.45) is -0.322. The van der Waals surface area contributed by atoms with Crippen LogP contribution < -0.4 is 21.3 Å². The summed E-state index contributed by atoms with van der Waals surface area (Å²) in [5.74, 6) is -6.69. The van der Waals surface area contributed by atoms with E-state index >= 15 is 0 Å². The van der Waals surface area contributed by atoms with Gasteiger partial charge in [0.15, 0.2) is 5.78 Å². The lowest BCUT2D eigenvalue weighted by molar-refractivity contribution is -0.141. The Labute approximate surface area is 255 Å². The molecular weight excluding hydrogens is 572 g/mol. The Hall–Kier alpha value is -4.81. The number of Topliss-reactive ketones (excluding diaryl/α,β-unsaturated/α-hetero) is 1. The van der Waals surface area contributed by atoms with Gasteiger partial charge in [-0.2, -0.15) is 0 Å². The maximum absolute atomic E-state index is 13.2. The van der Waals surface area contributed by atoms with E-state index in [1.54, 1.807) is 13.8 Å². The van der Waals surface area contributed by atoms with E-state index in [0.717, 1.165) is 23.3 Å². The Bertz CT molecular complexity index is 1370. The van der Waals surface area contributed by atoms with E-state index in [2.05, 4.69) is 21.3 Å². The van der Waals surface area contributed by atoms with Crippen molar-refractivity contribution in [3.63, 3.8) is 0 Å². The quantitative estimate of drug-likeness (QED) is 0.152. The molecule has 0 fully saturated rings. The molecule has 0 heterocycles. The maximum atomic E-state index is 13.2. The number of carboxylic acid groups (broad SMARTS) is 2. The van der Waals surface area contributed by atoms with Crippen LogP contribution in [0.4, 0.5) is 0 Å². The van der Waals surface area contributed by atoms with Crippen LogP contribution in [0.25, 0.3) is 10.8 Å². The molecular formula is C31H40N4O9. The molecule has 0 aliphatic heterocycles. The maximum Gasteiger partial charge on any atom is 0.305 e. The van der Waals surface area contributed by atoms with E-state index in [0.29, 0.717) is 12.8 Å². The van der Waals surface area contributed by atoms with Gasteiger partial charge in [0.1, 0.15) is 18.1 Å². The molecule has 0 aliphatic carbocycles. The molecule has 0 bridgehead atoms. The third-order valence-corrected chi connectivity index (χ3v) is 6.90. The third kappa shape index (κ3) is 11.1. The Morgan fingerprint density at radius 2 is 1.32 bits per heavy atom. The van der Waals surface area contributed by atoms with Crippen LogP contribution in [-0.4, -0.2) is 75.7 Å². The summed E-state index contributed by atoms with van der Waals surface area (Å²) in [4.78, 5) is 85.5. The molecule has 2 rings (SSSR count). The van der Waals surface area contributed by atoms with Crippen molar-refractivity contribution < 1.29 is 43.8 Å². The summed E-state index contributed by atoms with van der Waals surface area (Å²) in [5.41, 5.74) is 1.05. The standard InChI is InChI=1S/C31H40N4O9/c1-17(2)28(35-29(42)18(3)32-30(43)24(16-27(40)41)33-19(4)36)31(44)34-23(15-26(38)39)25(37)14-8-12-21-11-7-10-20-9-5-6-13-22(20)21/h5-7,9-11,13,17-18,23-24,28H,8,12,14-16H2,1-4H3,(H,32,43)(H,33,36)(H,34,44)(H,35,42)(H,38,39)(H,40,41)/t18-,23-,24-,28-/m0/s1. The number of carboxylic acids is 2. The topological polar surface area (TPSA) is 208 Å². The first-order valence-electron chi connectivity index (χ1n) is 14.3. The highest BCUT2D eigenvalue weighted by Crippen LogP contribution is 2.20. The molecule has 2 aromatic rings. The molecule has 13 nitrogen and oxygen atoms in total. The Kier molecular flexibility index (Phi) is 13.5. The van der Waals surface area contributed by atoms with Gasteiger partial charge in [0.05, 0.1) is 18.9 Å². The number of hydrogen-bond donors (Lipinski definition) is 6. The number of rotatable bonds is 17. The molecule has 4 atom stereocenters. The molecule has 238 valence electrons. The van der Waals surface area contributed by atoms with Crippen molar-refractivity contribution in [3.8, 4) is 0 Å². The number of ketones is 1. The lowest BCUT2D eigenvalue weighted by atomic mass is 9.97. The van der Waals surface area contributed by atoms with Gasteiger partial charge in [0.25, 0.3) is 0 Å². The molecule has 0 spiro atoms. The number of aliphatic carboxylic acids is 2. The van der Waals surface area contributed by atoms with Crippen molar-refractivity contribution in [2.75, 3.05) is 0 Å². The van der Waals surface area contributed by atoms with Crippen LogP contribution in [0.5, 0.6) is 0 Å². The average molecular weight is 613 g/mol. The van der Waals surface area contributed by atoms with Crippen LogP contribution in [0, 0.1) is 5.92 Å². The largest absolute Gasteiger partial charge is 0.481 e. The molecule has 6 N–H and O–H groups in total. The first-order valence-corrected chi connectivity index (χ1v) is 14.3. The van der Waals surface area contributed by atoms with Crippen molar-refractivity contribution in [3.05, 3.63) is 48.0 Å². The molecule has 0 saturated heterocycles. The molecule has 13 heteroatoms. The normalized spacial score (nSPS) is 13.7. The number of benzene rings is 2. The smallest absolute Gasteiger partial charge is 0.305 e. The lowest BCUT2D eigenvalue weighted by Crippen LogP contribution is -2.58. The summed E-state index contributed by atoms with van der Waals surface area (Å²) >= 11 is 0. The average Bonchev–Trinajstić information content (AvgIpc) is 2.94. The molecule has 0 aromatic heterocycles. The zero-order valence-corrected chi connectivity index (χ0v) is 25.2. The fraction of sp³-hybridized carbons (Fsp3) is 0.452. The van der Waals surface area contributed by atoms with Gasteiger partial charge in [-0.3, -0.25) is 33.6 Å². The van der Waals surface area contributed by atoms with Crippen LogP contribution in [-0.2, 0) is 40.0 Å². The van der Waals surface area contributed by atoms with E-state index in [1.807, 2.05) is 42.5 Å². The highest BCUT2D eigenvalue weighted by Gasteiger charge is 2.32. The summed E-state index contributed by atoms with van der Waals surface area (Å²) in [6.45, 7) is 5.68. The second kappa shape index (κ2) is 16.7. The van der Waals surface area contributed by atoms with Gasteiger partial charge in [-0.05, 0) is 42.0 Å². The summed E-state index contributed by atoms with van der Waals surface area (Å²) in [7, 11) is 0. The van der Waals surface area contributed by atoms with E-state index in [1.165, 1.54) is 6.92 Å². The molecule has 0 radical (unpaired) electrons. The number of hydrogen-bond acceptors (Lipinski definition) is 7. The predicted molar refractivity (Wildman–Crippen MR) is 160 cm³/mol. The third-order valence-electron chi connectivity index (χ3n) is 6.90. The number of amides is 4. The predicted octanol–water partition coefficient (Wildman–Crippen LogP) is 1.32. The highest BCUT2D eigenvalue weighted by atomic mass is 16.4. The van der Waals surface area contributed by atoms with E-state index < -0.39 is 84.3 Å². The van der Waals surface area contributed by atoms with Crippen molar-refractivity contribution in [2.24, 2.45) is 5.92 Å². The summed E-state index contributed by atoms with van der Waals surface area (Å²) < 4.78 is 0. The fourth-order valence-electron chi connectivity index (χ4n) is 4.64. The van der Waals surface area contributed by atoms with E-state index in [9.17, 15) is 38.7 Å². The highest BCUT2D eigenvalue weighted by molar-refractivity contribution is 5.97. The number of aryl methyl sites for hydroxylation is 1. The van der Waals surface area contributed by atoms with Crippen molar-refractivity contribution in [2.45, 2.75) is 84.0 Å². The zero-order chi connectivity index (χ0) is 33.0. The SMILES string of the molecule is CC(=O)N[C@@H](CC(=O)O)C(=O)N[C@@H](C)C(=O)N[C@H](C(=O)N[C@@H](CC(=O)O)C(=O)CCCc1cccc2ccccc12)C(C)C. The van der Waals surface area contributed by atoms with Crippen molar-refractivity contribution in [1.29, 1.82) is 0 Å². The number of carbonyl (C=O) groups is 7. The first kappa shape index (κ1) is 35.4. The minimum Gasteiger partial charge on any atom is -0.481 e. The van der Waals surface area contributed by atoms with Gasteiger partial charge in [0, 0.05) is 13.3 Å². The van der Waals surface area contributed by atoms with Crippen LogP contribution in [0.15, 0.2) is 42.5 Å². The number of carbonyl (C=O) groups excluding carboxylic acids is 5. The Balaban J connectivity index is 2.04. The van der Waals surface area contributed by atoms with Crippen LogP contribution >= 0.6 is 0 Å². The van der Waals surface area contributed by atoms with E-state index in [-0.39, 0.29) is 6.42 Å². The monoisotopic (exact) mass is 612 g/mol. The molecule has 0 aliphatic rings. The second-order valence-corrected chi connectivity index (χ2v) is 10.9. The van der Waals surface area contributed by atoms with Gasteiger partial charge in [-0.1, -0.05) is 56.3 Å². The minimum atomic E-state index is -1.42. The van der Waals surface area contributed by atoms with Gasteiger partial charge in [0.2, 0.25) is 23.6 Å². The first-order chi connectivity index (χ1) is 20.7. The van der Waals surface area contributed by atoms with Gasteiger partial charge in [-0.15, -0.1) is 0 Å². The summed E-state index contributed by atoms with van der Waals surface area (Å²) in [6, 6.07) is 8.56. The van der Waals surface area contributed by atoms with Crippen molar-refractivity contribution in [1.82, 2.24) is 21.3 Å². The van der Waals surface area contributed by atoms with Crippen LogP contribution in [0.1, 0.15) is 58.9 Å². The molecule has 2 aromatic carbocycles.